The van der Waals surface area contributed by atoms with Gasteiger partial charge in [-0.05, 0) is 55.9 Å². The van der Waals surface area contributed by atoms with E-state index in [1.165, 1.54) is 11.1 Å². The maximum atomic E-state index is 12.9. The molecule has 2 amide bonds. The summed E-state index contributed by atoms with van der Waals surface area (Å²) in [5, 5.41) is 2.96. The number of aromatic nitrogens is 2. The van der Waals surface area contributed by atoms with Crippen molar-refractivity contribution in [2.24, 2.45) is 5.92 Å². The predicted molar refractivity (Wildman–Crippen MR) is 127 cm³/mol. The Balaban J connectivity index is 1.62. The van der Waals surface area contributed by atoms with E-state index >= 15 is 0 Å². The van der Waals surface area contributed by atoms with Crippen molar-refractivity contribution in [1.29, 1.82) is 0 Å². The minimum absolute atomic E-state index is 0.00882. The summed E-state index contributed by atoms with van der Waals surface area (Å²) in [6, 6.07) is 16.1. The highest BCUT2D eigenvalue weighted by Crippen LogP contribution is 2.30. The van der Waals surface area contributed by atoms with Crippen molar-refractivity contribution in [3.63, 3.8) is 0 Å². The van der Waals surface area contributed by atoms with Gasteiger partial charge in [-0.2, -0.15) is 0 Å². The van der Waals surface area contributed by atoms with Gasteiger partial charge in [0.1, 0.15) is 0 Å². The van der Waals surface area contributed by atoms with Crippen LogP contribution in [0.1, 0.15) is 37.3 Å². The van der Waals surface area contributed by atoms with E-state index in [1.54, 1.807) is 4.90 Å². The van der Waals surface area contributed by atoms with Crippen molar-refractivity contribution in [3.8, 4) is 16.9 Å². The summed E-state index contributed by atoms with van der Waals surface area (Å²) < 4.78 is 1.90. The molecule has 166 valence electrons. The maximum Gasteiger partial charge on any atom is 0.246 e. The van der Waals surface area contributed by atoms with Gasteiger partial charge < -0.3 is 4.90 Å². The minimum Gasteiger partial charge on any atom is -0.333 e. The first kappa shape index (κ1) is 21.8. The van der Waals surface area contributed by atoms with E-state index in [0.717, 1.165) is 29.8 Å². The standard InChI is InChI=1S/C26H30N4O2/c1-4-25(32)29(15-20-11-12-20)17-24(31)28-26-27-23(21-8-6-5-7-9-21)16-30(26)22-13-10-18(2)19(3)14-22/h5-10,13-14,16,20H,4,11-12,15,17H2,1-3H3,(H,27,28,31). The molecule has 0 atom stereocenters. The van der Waals surface area contributed by atoms with Crippen LogP contribution in [0.2, 0.25) is 0 Å². The van der Waals surface area contributed by atoms with Gasteiger partial charge in [0.05, 0.1) is 12.2 Å². The van der Waals surface area contributed by atoms with Gasteiger partial charge in [0.2, 0.25) is 17.8 Å². The van der Waals surface area contributed by atoms with Crippen molar-refractivity contribution in [3.05, 3.63) is 65.9 Å². The third kappa shape index (κ3) is 5.07. The highest BCUT2D eigenvalue weighted by atomic mass is 16.2. The van der Waals surface area contributed by atoms with Crippen LogP contribution in [0, 0.1) is 19.8 Å². The highest BCUT2D eigenvalue weighted by molar-refractivity contribution is 5.93. The summed E-state index contributed by atoms with van der Waals surface area (Å²) in [5.74, 6) is 0.755. The summed E-state index contributed by atoms with van der Waals surface area (Å²) in [6.45, 7) is 6.67. The zero-order chi connectivity index (χ0) is 22.7. The van der Waals surface area contributed by atoms with E-state index in [9.17, 15) is 9.59 Å². The lowest BCUT2D eigenvalue weighted by molar-refractivity contribution is -0.134. The van der Waals surface area contributed by atoms with Crippen LogP contribution in [-0.2, 0) is 9.59 Å². The molecular formula is C26H30N4O2. The summed E-state index contributed by atoms with van der Waals surface area (Å²) in [7, 11) is 0. The van der Waals surface area contributed by atoms with E-state index in [2.05, 4.69) is 31.3 Å². The molecule has 2 aromatic carbocycles. The van der Waals surface area contributed by atoms with E-state index in [4.69, 9.17) is 4.98 Å². The third-order valence-corrected chi connectivity index (χ3v) is 5.96. The number of hydrogen-bond acceptors (Lipinski definition) is 3. The number of carbonyl (C=O) groups excluding carboxylic acids is 2. The lowest BCUT2D eigenvalue weighted by atomic mass is 10.1. The molecule has 0 unspecified atom stereocenters. The van der Waals surface area contributed by atoms with Crippen LogP contribution in [0.4, 0.5) is 5.95 Å². The van der Waals surface area contributed by atoms with Crippen molar-refractivity contribution >= 4 is 17.8 Å². The molecule has 1 N–H and O–H groups in total. The molecule has 1 fully saturated rings. The van der Waals surface area contributed by atoms with Crippen LogP contribution < -0.4 is 5.32 Å². The van der Waals surface area contributed by atoms with Gasteiger partial charge in [-0.1, -0.05) is 43.3 Å². The number of amides is 2. The van der Waals surface area contributed by atoms with Gasteiger partial charge >= 0.3 is 0 Å². The number of imidazole rings is 1. The molecular weight excluding hydrogens is 400 g/mol. The Morgan fingerprint density at radius 2 is 1.84 bits per heavy atom. The molecule has 4 rings (SSSR count). The van der Waals surface area contributed by atoms with Gasteiger partial charge in [0.25, 0.3) is 0 Å². The summed E-state index contributed by atoms with van der Waals surface area (Å²) in [5.41, 5.74) is 5.05. The summed E-state index contributed by atoms with van der Waals surface area (Å²) in [4.78, 5) is 31.7. The Hall–Kier alpha value is -3.41. The van der Waals surface area contributed by atoms with Crippen molar-refractivity contribution in [2.45, 2.75) is 40.0 Å². The minimum atomic E-state index is -0.234. The molecule has 6 nitrogen and oxygen atoms in total. The van der Waals surface area contributed by atoms with Crippen LogP contribution >= 0.6 is 0 Å². The van der Waals surface area contributed by atoms with Gasteiger partial charge in [-0.3, -0.25) is 19.5 Å². The maximum absolute atomic E-state index is 12.9. The van der Waals surface area contributed by atoms with Crippen molar-refractivity contribution in [1.82, 2.24) is 14.5 Å². The smallest absolute Gasteiger partial charge is 0.246 e. The number of anilines is 1. The third-order valence-electron chi connectivity index (χ3n) is 5.96. The number of carbonyl (C=O) groups is 2. The molecule has 32 heavy (non-hydrogen) atoms. The molecule has 1 saturated carbocycles. The van der Waals surface area contributed by atoms with Crippen LogP contribution in [0.5, 0.6) is 0 Å². The first-order valence-electron chi connectivity index (χ1n) is 11.2. The lowest BCUT2D eigenvalue weighted by Gasteiger charge is -2.21. The van der Waals surface area contributed by atoms with E-state index in [-0.39, 0.29) is 18.4 Å². The van der Waals surface area contributed by atoms with Crippen LogP contribution in [0.3, 0.4) is 0 Å². The SMILES string of the molecule is CCC(=O)N(CC(=O)Nc1nc(-c2ccccc2)cn1-c1ccc(C)c(C)c1)CC1CC1. The van der Waals surface area contributed by atoms with Crippen LogP contribution in [-0.4, -0.2) is 39.4 Å². The van der Waals surface area contributed by atoms with E-state index in [1.807, 2.05) is 54.1 Å². The molecule has 1 aliphatic carbocycles. The first-order valence-corrected chi connectivity index (χ1v) is 11.2. The van der Waals surface area contributed by atoms with Gasteiger partial charge in [-0.15, -0.1) is 0 Å². The molecule has 3 aromatic rings. The van der Waals surface area contributed by atoms with E-state index in [0.29, 0.717) is 24.8 Å². The Morgan fingerprint density at radius 3 is 2.50 bits per heavy atom. The highest BCUT2D eigenvalue weighted by Gasteiger charge is 2.27. The van der Waals surface area contributed by atoms with Crippen molar-refractivity contribution in [2.75, 3.05) is 18.4 Å². The number of aryl methyl sites for hydroxylation is 2. The Morgan fingerprint density at radius 1 is 1.09 bits per heavy atom. The van der Waals surface area contributed by atoms with Gasteiger partial charge in [-0.25, -0.2) is 4.98 Å². The van der Waals surface area contributed by atoms with Crippen molar-refractivity contribution < 1.29 is 9.59 Å². The number of nitrogens with zero attached hydrogens (tertiary/aromatic N) is 3. The fourth-order valence-electron chi connectivity index (χ4n) is 3.72. The second-order valence-electron chi connectivity index (χ2n) is 8.57. The average Bonchev–Trinajstić information content (AvgIpc) is 3.52. The molecule has 6 heteroatoms. The topological polar surface area (TPSA) is 67.2 Å². The van der Waals surface area contributed by atoms with Crippen LogP contribution in [0.15, 0.2) is 54.7 Å². The molecule has 1 aromatic heterocycles. The normalized spacial score (nSPS) is 13.1. The average molecular weight is 431 g/mol. The second kappa shape index (κ2) is 9.39. The molecule has 0 bridgehead atoms. The number of hydrogen-bond donors (Lipinski definition) is 1. The Labute approximate surface area is 189 Å². The molecule has 0 radical (unpaired) electrons. The first-order chi connectivity index (χ1) is 15.4. The molecule has 1 heterocycles. The summed E-state index contributed by atoms with van der Waals surface area (Å²) in [6.07, 6.45) is 4.60. The van der Waals surface area contributed by atoms with Crippen LogP contribution in [0.25, 0.3) is 16.9 Å². The van der Waals surface area contributed by atoms with E-state index < -0.39 is 0 Å². The molecule has 0 spiro atoms. The molecule has 0 saturated heterocycles. The summed E-state index contributed by atoms with van der Waals surface area (Å²) >= 11 is 0. The second-order valence-corrected chi connectivity index (χ2v) is 8.57. The zero-order valence-corrected chi connectivity index (χ0v) is 19.0. The largest absolute Gasteiger partial charge is 0.333 e. The number of nitrogens with one attached hydrogen (secondary N) is 1. The number of rotatable bonds is 8. The van der Waals surface area contributed by atoms with Gasteiger partial charge in [0, 0.05) is 30.4 Å². The Kier molecular flexibility index (Phi) is 6.40. The monoisotopic (exact) mass is 430 g/mol. The fraction of sp³-hybridized carbons (Fsp3) is 0.346. The molecule has 0 aliphatic heterocycles. The number of benzene rings is 2. The molecule has 1 aliphatic rings. The quantitative estimate of drug-likeness (QED) is 0.561. The lowest BCUT2D eigenvalue weighted by Crippen LogP contribution is -2.39. The predicted octanol–water partition coefficient (Wildman–Crippen LogP) is 4.74. The Bertz CT molecular complexity index is 1120. The fourth-order valence-corrected chi connectivity index (χ4v) is 3.72. The van der Waals surface area contributed by atoms with Gasteiger partial charge in [0.15, 0.2) is 0 Å². The zero-order valence-electron chi connectivity index (χ0n) is 19.0.